The Hall–Kier alpha value is -2.34. The summed E-state index contributed by atoms with van der Waals surface area (Å²) in [4.78, 5) is 11.9. The first-order valence-electron chi connectivity index (χ1n) is 6.08. The highest BCUT2D eigenvalue weighted by molar-refractivity contribution is 5.71. The summed E-state index contributed by atoms with van der Waals surface area (Å²) >= 11 is 0. The standard InChI is InChI=1S/C14H16FN3O2/c1-8-4-5-11(10(15)6-8)16-13-12(17-20)7-9(2)14(19)18(13)3/h4-7,16-17,20H,1-3H3. The highest BCUT2D eigenvalue weighted by Crippen LogP contribution is 2.26. The van der Waals surface area contributed by atoms with Crippen molar-refractivity contribution in [2.45, 2.75) is 13.8 Å². The van der Waals surface area contributed by atoms with E-state index in [2.05, 4.69) is 5.32 Å². The minimum Gasteiger partial charge on any atom is -0.337 e. The van der Waals surface area contributed by atoms with E-state index in [-0.39, 0.29) is 17.1 Å². The fraction of sp³-hybridized carbons (Fsp3) is 0.214. The van der Waals surface area contributed by atoms with Crippen LogP contribution in [0.25, 0.3) is 0 Å². The SMILES string of the molecule is Cc1ccc(Nc2c(NO)cc(C)c(=O)n2C)c(F)c1. The summed E-state index contributed by atoms with van der Waals surface area (Å²) in [5.74, 6) is -0.146. The Bertz CT molecular complexity index is 710. The van der Waals surface area contributed by atoms with Gasteiger partial charge in [0.1, 0.15) is 17.3 Å². The van der Waals surface area contributed by atoms with E-state index in [0.717, 1.165) is 5.56 Å². The molecule has 20 heavy (non-hydrogen) atoms. The smallest absolute Gasteiger partial charge is 0.254 e. The third-order valence-electron chi connectivity index (χ3n) is 3.09. The van der Waals surface area contributed by atoms with Crippen LogP contribution < -0.4 is 16.4 Å². The van der Waals surface area contributed by atoms with Gasteiger partial charge in [0.2, 0.25) is 0 Å². The summed E-state index contributed by atoms with van der Waals surface area (Å²) in [5, 5.41) is 12.0. The summed E-state index contributed by atoms with van der Waals surface area (Å²) in [6.07, 6.45) is 0. The lowest BCUT2D eigenvalue weighted by Gasteiger charge is -2.16. The number of anilines is 3. The second-order valence-corrected chi connectivity index (χ2v) is 4.67. The lowest BCUT2D eigenvalue weighted by molar-refractivity contribution is 0.388. The van der Waals surface area contributed by atoms with Crippen molar-refractivity contribution < 1.29 is 9.60 Å². The Morgan fingerprint density at radius 1 is 1.20 bits per heavy atom. The molecule has 2 aromatic rings. The van der Waals surface area contributed by atoms with Gasteiger partial charge in [-0.25, -0.2) is 4.39 Å². The van der Waals surface area contributed by atoms with Crippen molar-refractivity contribution >= 4 is 17.2 Å². The van der Waals surface area contributed by atoms with Gasteiger partial charge in [0.05, 0.1) is 5.69 Å². The fourth-order valence-electron chi connectivity index (χ4n) is 1.98. The zero-order valence-electron chi connectivity index (χ0n) is 11.5. The quantitative estimate of drug-likeness (QED) is 0.755. The van der Waals surface area contributed by atoms with Gasteiger partial charge < -0.3 is 5.32 Å². The molecule has 0 radical (unpaired) electrons. The first kappa shape index (κ1) is 14.1. The molecule has 1 aromatic carbocycles. The Kier molecular flexibility index (Phi) is 3.76. The summed E-state index contributed by atoms with van der Waals surface area (Å²) in [6.45, 7) is 3.43. The van der Waals surface area contributed by atoms with Crippen molar-refractivity contribution in [1.29, 1.82) is 0 Å². The summed E-state index contributed by atoms with van der Waals surface area (Å²) in [5.41, 5.74) is 3.58. The minimum absolute atomic E-state index is 0.223. The van der Waals surface area contributed by atoms with E-state index < -0.39 is 5.82 Å². The van der Waals surface area contributed by atoms with Gasteiger partial charge in [-0.1, -0.05) is 6.07 Å². The van der Waals surface area contributed by atoms with Crippen LogP contribution in [0.3, 0.4) is 0 Å². The molecule has 0 aliphatic carbocycles. The van der Waals surface area contributed by atoms with Crippen molar-refractivity contribution in [3.8, 4) is 0 Å². The van der Waals surface area contributed by atoms with Crippen molar-refractivity contribution in [3.63, 3.8) is 0 Å². The molecule has 1 heterocycles. The van der Waals surface area contributed by atoms with E-state index >= 15 is 0 Å². The van der Waals surface area contributed by atoms with Crippen LogP contribution in [-0.2, 0) is 7.05 Å². The summed E-state index contributed by atoms with van der Waals surface area (Å²) in [6, 6.07) is 6.22. The molecule has 0 saturated heterocycles. The predicted molar refractivity (Wildman–Crippen MR) is 76.2 cm³/mol. The number of hydrogen-bond donors (Lipinski definition) is 3. The fourth-order valence-corrected chi connectivity index (χ4v) is 1.98. The zero-order chi connectivity index (χ0) is 14.9. The molecule has 0 fully saturated rings. The highest BCUT2D eigenvalue weighted by Gasteiger charge is 2.12. The topological polar surface area (TPSA) is 66.3 Å². The molecule has 1 aromatic heterocycles. The van der Waals surface area contributed by atoms with E-state index in [1.54, 1.807) is 33.0 Å². The average molecular weight is 277 g/mol. The van der Waals surface area contributed by atoms with E-state index in [1.165, 1.54) is 16.7 Å². The maximum absolute atomic E-state index is 13.9. The second-order valence-electron chi connectivity index (χ2n) is 4.67. The van der Waals surface area contributed by atoms with Crippen LogP contribution in [0.4, 0.5) is 21.6 Å². The number of aromatic nitrogens is 1. The van der Waals surface area contributed by atoms with Crippen LogP contribution in [0.1, 0.15) is 11.1 Å². The Morgan fingerprint density at radius 2 is 1.90 bits per heavy atom. The number of hydrogen-bond acceptors (Lipinski definition) is 4. The van der Waals surface area contributed by atoms with Gasteiger partial charge in [-0.3, -0.25) is 20.0 Å². The molecule has 0 spiro atoms. The first-order valence-corrected chi connectivity index (χ1v) is 6.08. The largest absolute Gasteiger partial charge is 0.337 e. The molecule has 0 aliphatic rings. The lowest BCUT2D eigenvalue weighted by Crippen LogP contribution is -2.23. The van der Waals surface area contributed by atoms with Crippen molar-refractivity contribution in [3.05, 3.63) is 51.6 Å². The Labute approximate surface area is 115 Å². The molecule has 0 aliphatic heterocycles. The van der Waals surface area contributed by atoms with Crippen LogP contribution in [0.5, 0.6) is 0 Å². The van der Waals surface area contributed by atoms with Gasteiger partial charge in [0, 0.05) is 12.6 Å². The number of pyridine rings is 1. The molecule has 0 bridgehead atoms. The molecule has 0 atom stereocenters. The molecule has 106 valence electrons. The molecular formula is C14H16FN3O2. The highest BCUT2D eigenvalue weighted by atomic mass is 19.1. The van der Waals surface area contributed by atoms with Crippen molar-refractivity contribution in [2.75, 3.05) is 10.8 Å². The molecule has 0 saturated carbocycles. The molecule has 0 unspecified atom stereocenters. The maximum atomic E-state index is 13.9. The molecular weight excluding hydrogens is 261 g/mol. The van der Waals surface area contributed by atoms with Crippen LogP contribution in [0.2, 0.25) is 0 Å². The van der Waals surface area contributed by atoms with Crippen LogP contribution in [-0.4, -0.2) is 9.77 Å². The molecule has 3 N–H and O–H groups in total. The van der Waals surface area contributed by atoms with E-state index in [9.17, 15) is 9.18 Å². The van der Waals surface area contributed by atoms with Gasteiger partial charge in [-0.05, 0) is 37.6 Å². The van der Waals surface area contributed by atoms with Crippen LogP contribution in [0.15, 0.2) is 29.1 Å². The van der Waals surface area contributed by atoms with Crippen molar-refractivity contribution in [1.82, 2.24) is 4.57 Å². The number of halogens is 1. The number of rotatable bonds is 3. The molecule has 0 amide bonds. The number of nitrogens with one attached hydrogen (secondary N) is 2. The van der Waals surface area contributed by atoms with E-state index in [1.807, 2.05) is 5.48 Å². The van der Waals surface area contributed by atoms with Gasteiger partial charge in [-0.15, -0.1) is 0 Å². The lowest BCUT2D eigenvalue weighted by atomic mass is 10.2. The summed E-state index contributed by atoms with van der Waals surface area (Å²) in [7, 11) is 1.55. The zero-order valence-corrected chi connectivity index (χ0v) is 11.5. The minimum atomic E-state index is -0.429. The van der Waals surface area contributed by atoms with Gasteiger partial charge in [-0.2, -0.15) is 0 Å². The van der Waals surface area contributed by atoms with Gasteiger partial charge in [0.25, 0.3) is 5.56 Å². The Balaban J connectivity index is 2.53. The van der Waals surface area contributed by atoms with Crippen LogP contribution in [0, 0.1) is 19.7 Å². The number of benzene rings is 1. The maximum Gasteiger partial charge on any atom is 0.254 e. The second kappa shape index (κ2) is 5.34. The third-order valence-corrected chi connectivity index (χ3v) is 3.09. The average Bonchev–Trinajstić information content (AvgIpc) is 2.41. The molecule has 6 heteroatoms. The summed E-state index contributed by atoms with van der Waals surface area (Å²) < 4.78 is 15.2. The van der Waals surface area contributed by atoms with Crippen LogP contribution >= 0.6 is 0 Å². The van der Waals surface area contributed by atoms with Crippen molar-refractivity contribution in [2.24, 2.45) is 7.05 Å². The van der Waals surface area contributed by atoms with Gasteiger partial charge in [0.15, 0.2) is 0 Å². The molecule has 2 rings (SSSR count). The van der Waals surface area contributed by atoms with E-state index in [4.69, 9.17) is 5.21 Å². The Morgan fingerprint density at radius 3 is 2.50 bits per heavy atom. The number of aryl methyl sites for hydroxylation is 2. The van der Waals surface area contributed by atoms with E-state index in [0.29, 0.717) is 11.3 Å². The number of nitrogens with zero attached hydrogens (tertiary/aromatic N) is 1. The monoisotopic (exact) mass is 277 g/mol. The van der Waals surface area contributed by atoms with Gasteiger partial charge >= 0.3 is 0 Å². The normalized spacial score (nSPS) is 10.4. The predicted octanol–water partition coefficient (Wildman–Crippen LogP) is 2.69. The third kappa shape index (κ3) is 2.50. The molecule has 5 nitrogen and oxygen atoms in total. The first-order chi connectivity index (χ1) is 9.43.